The molecule has 0 heterocycles. The summed E-state index contributed by atoms with van der Waals surface area (Å²) in [6.45, 7) is 5.72. The molecule has 0 aliphatic heterocycles. The zero-order chi connectivity index (χ0) is 11.8. The van der Waals surface area contributed by atoms with E-state index in [1.54, 1.807) is 7.11 Å². The summed E-state index contributed by atoms with van der Waals surface area (Å²) in [7, 11) is 3.71. The molecule has 0 saturated carbocycles. The van der Waals surface area contributed by atoms with Gasteiger partial charge in [0, 0.05) is 26.9 Å². The van der Waals surface area contributed by atoms with Gasteiger partial charge >= 0.3 is 0 Å². The monoisotopic (exact) mass is 219 g/mol. The van der Waals surface area contributed by atoms with Crippen LogP contribution in [-0.4, -0.2) is 47.3 Å². The molecule has 0 fully saturated rings. The van der Waals surface area contributed by atoms with E-state index in [1.165, 1.54) is 6.42 Å². The fourth-order valence-electron chi connectivity index (χ4n) is 1.06. The van der Waals surface area contributed by atoms with Gasteiger partial charge in [-0.2, -0.15) is 0 Å². The molecule has 15 heavy (non-hydrogen) atoms. The Labute approximate surface area is 93.3 Å². The van der Waals surface area contributed by atoms with Crippen LogP contribution >= 0.6 is 0 Å². The first-order valence-electron chi connectivity index (χ1n) is 5.42. The number of carbonyl (C=O) groups excluding carboxylic acids is 1. The molecule has 0 saturated heterocycles. The number of methoxy groups -OCH3 is 1. The minimum Gasteiger partial charge on any atom is -0.385 e. The average molecular weight is 219 g/mol. The summed E-state index contributed by atoms with van der Waals surface area (Å²) in [6, 6.07) is 0. The third-order valence-corrected chi connectivity index (χ3v) is 1.85. The lowest BCUT2D eigenvalue weighted by Crippen LogP contribution is -2.08. The third kappa shape index (κ3) is 19.8. The third-order valence-electron chi connectivity index (χ3n) is 1.85. The number of ether oxygens (including phenoxy) is 2. The van der Waals surface area contributed by atoms with Crippen molar-refractivity contribution in [3.05, 3.63) is 0 Å². The van der Waals surface area contributed by atoms with Crippen LogP contribution in [0, 0.1) is 0 Å². The van der Waals surface area contributed by atoms with E-state index in [4.69, 9.17) is 14.3 Å². The number of nitrogens with one attached hydrogen (secondary N) is 1. The summed E-state index contributed by atoms with van der Waals surface area (Å²) >= 11 is 0. The number of rotatable bonds is 10. The van der Waals surface area contributed by atoms with Crippen LogP contribution in [0.25, 0.3) is 0 Å². The Morgan fingerprint density at radius 2 is 1.53 bits per heavy atom. The van der Waals surface area contributed by atoms with Crippen LogP contribution in [0.5, 0.6) is 0 Å². The molecule has 0 unspecified atom stereocenters. The summed E-state index contributed by atoms with van der Waals surface area (Å²) in [5, 5.41) is 3.11. The molecular weight excluding hydrogens is 194 g/mol. The Bertz CT molecular complexity index is 91.8. The Balaban J connectivity index is 0. The Morgan fingerprint density at radius 3 is 2.07 bits per heavy atom. The van der Waals surface area contributed by atoms with E-state index in [0.29, 0.717) is 0 Å². The minimum absolute atomic E-state index is 0.850. The van der Waals surface area contributed by atoms with Crippen LogP contribution in [0.1, 0.15) is 25.7 Å². The highest BCUT2D eigenvalue weighted by molar-refractivity contribution is 5.10. The molecule has 0 rings (SSSR count). The fourth-order valence-corrected chi connectivity index (χ4v) is 1.06. The molecule has 0 aromatic heterocycles. The predicted molar refractivity (Wildman–Crippen MR) is 62.2 cm³/mol. The highest BCUT2D eigenvalue weighted by Gasteiger charge is 1.90. The van der Waals surface area contributed by atoms with Crippen molar-refractivity contribution >= 4 is 6.79 Å². The molecular formula is C11H25NO3. The molecule has 0 aliphatic carbocycles. The largest absolute Gasteiger partial charge is 0.385 e. The van der Waals surface area contributed by atoms with Gasteiger partial charge in [-0.05, 0) is 39.3 Å². The molecule has 0 spiro atoms. The molecule has 1 N–H and O–H groups in total. The van der Waals surface area contributed by atoms with Crippen molar-refractivity contribution < 1.29 is 14.3 Å². The first-order valence-corrected chi connectivity index (χ1v) is 5.42. The number of hydrogen-bond donors (Lipinski definition) is 1. The molecule has 0 aromatic carbocycles. The maximum atomic E-state index is 8.00. The average Bonchev–Trinajstić information content (AvgIpc) is 2.30. The summed E-state index contributed by atoms with van der Waals surface area (Å²) in [5.74, 6) is 0. The second kappa shape index (κ2) is 19.2. The highest BCUT2D eigenvalue weighted by Crippen LogP contribution is 1.93. The van der Waals surface area contributed by atoms with Crippen molar-refractivity contribution in [2.75, 3.05) is 40.5 Å². The summed E-state index contributed by atoms with van der Waals surface area (Å²) < 4.78 is 10.4. The van der Waals surface area contributed by atoms with Gasteiger partial charge < -0.3 is 19.6 Å². The van der Waals surface area contributed by atoms with Crippen molar-refractivity contribution in [1.82, 2.24) is 5.32 Å². The smallest absolute Gasteiger partial charge is 0.106 e. The van der Waals surface area contributed by atoms with Crippen LogP contribution < -0.4 is 5.32 Å². The predicted octanol–water partition coefficient (Wildman–Crippen LogP) is 1.24. The van der Waals surface area contributed by atoms with Gasteiger partial charge in [0.25, 0.3) is 0 Å². The first kappa shape index (κ1) is 17.0. The quantitative estimate of drug-likeness (QED) is 0.562. The van der Waals surface area contributed by atoms with Crippen LogP contribution in [0.2, 0.25) is 0 Å². The SMILES string of the molecule is C=O.CNCCCCOCCCCOC. The molecule has 4 nitrogen and oxygen atoms in total. The minimum atomic E-state index is 0.850. The molecule has 0 radical (unpaired) electrons. The lowest BCUT2D eigenvalue weighted by Gasteiger charge is -2.03. The van der Waals surface area contributed by atoms with E-state index in [2.05, 4.69) is 5.32 Å². The Hall–Kier alpha value is -0.450. The lowest BCUT2D eigenvalue weighted by atomic mass is 10.3. The topological polar surface area (TPSA) is 47.6 Å². The lowest BCUT2D eigenvalue weighted by molar-refractivity contribution is -0.0979. The fraction of sp³-hybridized carbons (Fsp3) is 0.909. The van der Waals surface area contributed by atoms with E-state index in [0.717, 1.165) is 45.6 Å². The van der Waals surface area contributed by atoms with Gasteiger partial charge in [-0.1, -0.05) is 0 Å². The van der Waals surface area contributed by atoms with Crippen molar-refractivity contribution in [1.29, 1.82) is 0 Å². The van der Waals surface area contributed by atoms with Crippen molar-refractivity contribution in [2.24, 2.45) is 0 Å². The summed E-state index contributed by atoms with van der Waals surface area (Å²) in [6.07, 6.45) is 4.58. The van der Waals surface area contributed by atoms with Crippen molar-refractivity contribution in [2.45, 2.75) is 25.7 Å². The van der Waals surface area contributed by atoms with Gasteiger partial charge in [0.2, 0.25) is 0 Å². The second-order valence-electron chi connectivity index (χ2n) is 3.12. The van der Waals surface area contributed by atoms with Crippen molar-refractivity contribution in [3.63, 3.8) is 0 Å². The molecule has 0 bridgehead atoms. The zero-order valence-corrected chi connectivity index (χ0v) is 10.1. The van der Waals surface area contributed by atoms with Gasteiger partial charge in [-0.3, -0.25) is 0 Å². The van der Waals surface area contributed by atoms with Gasteiger partial charge in [0.15, 0.2) is 0 Å². The molecule has 0 aliphatic rings. The maximum absolute atomic E-state index is 8.00. The number of unbranched alkanes of at least 4 members (excludes halogenated alkanes) is 2. The van der Waals surface area contributed by atoms with Crippen LogP contribution in [0.3, 0.4) is 0 Å². The van der Waals surface area contributed by atoms with E-state index >= 15 is 0 Å². The molecule has 0 aromatic rings. The highest BCUT2D eigenvalue weighted by atomic mass is 16.5. The van der Waals surface area contributed by atoms with Gasteiger partial charge in [-0.15, -0.1) is 0 Å². The Morgan fingerprint density at radius 1 is 1.00 bits per heavy atom. The second-order valence-corrected chi connectivity index (χ2v) is 3.12. The van der Waals surface area contributed by atoms with Gasteiger partial charge in [-0.25, -0.2) is 0 Å². The van der Waals surface area contributed by atoms with E-state index in [9.17, 15) is 0 Å². The van der Waals surface area contributed by atoms with E-state index in [-0.39, 0.29) is 0 Å². The molecule has 0 amide bonds. The van der Waals surface area contributed by atoms with E-state index < -0.39 is 0 Å². The zero-order valence-electron chi connectivity index (χ0n) is 10.1. The van der Waals surface area contributed by atoms with Crippen molar-refractivity contribution in [3.8, 4) is 0 Å². The Kier molecular flexibility index (Phi) is 21.7. The molecule has 92 valence electrons. The van der Waals surface area contributed by atoms with Crippen LogP contribution in [0.15, 0.2) is 0 Å². The number of hydrogen-bond acceptors (Lipinski definition) is 4. The summed E-state index contributed by atoms with van der Waals surface area (Å²) in [5.41, 5.74) is 0. The van der Waals surface area contributed by atoms with Gasteiger partial charge in [0.1, 0.15) is 6.79 Å². The van der Waals surface area contributed by atoms with E-state index in [1.807, 2.05) is 13.8 Å². The normalized spacial score (nSPS) is 9.47. The number of carbonyl (C=O) groups is 1. The van der Waals surface area contributed by atoms with Gasteiger partial charge in [0.05, 0.1) is 0 Å². The first-order chi connectivity index (χ1) is 7.41. The molecule has 4 heteroatoms. The maximum Gasteiger partial charge on any atom is 0.106 e. The van der Waals surface area contributed by atoms with Crippen LogP contribution in [-0.2, 0) is 14.3 Å². The van der Waals surface area contributed by atoms with Crippen LogP contribution in [0.4, 0.5) is 0 Å². The summed E-state index contributed by atoms with van der Waals surface area (Å²) in [4.78, 5) is 8.00. The molecule has 0 atom stereocenters. The standard InChI is InChI=1S/C10H23NO2.CH2O/c1-11-7-3-4-9-13-10-6-5-8-12-2;1-2/h11H,3-10H2,1-2H3;1H2.